The van der Waals surface area contributed by atoms with Crippen LogP contribution in [0.3, 0.4) is 0 Å². The molecule has 1 aliphatic rings. The molecule has 2 aromatic heterocycles. The van der Waals surface area contributed by atoms with Gasteiger partial charge in [-0.3, -0.25) is 10.2 Å². The summed E-state index contributed by atoms with van der Waals surface area (Å²) in [5, 5.41) is 12.5. The number of aryl methyl sites for hydroxylation is 1. The molecular weight excluding hydrogens is 314 g/mol. The Morgan fingerprint density at radius 2 is 2.17 bits per heavy atom. The van der Waals surface area contributed by atoms with Gasteiger partial charge in [0.15, 0.2) is 0 Å². The van der Waals surface area contributed by atoms with Crippen molar-refractivity contribution in [2.24, 2.45) is 0 Å². The third-order valence-electron chi connectivity index (χ3n) is 3.76. The number of hydrogen-bond donors (Lipinski definition) is 1. The minimum absolute atomic E-state index is 0.0955. The maximum Gasteiger partial charge on any atom is 0.323 e. The van der Waals surface area contributed by atoms with Crippen LogP contribution in [0.2, 0.25) is 0 Å². The van der Waals surface area contributed by atoms with Crippen molar-refractivity contribution in [1.29, 1.82) is 0 Å². The monoisotopic (exact) mass is 335 g/mol. The van der Waals surface area contributed by atoms with Gasteiger partial charge in [0.1, 0.15) is 10.8 Å². The summed E-state index contributed by atoms with van der Waals surface area (Å²) < 4.78 is 5.36. The van der Waals surface area contributed by atoms with Crippen molar-refractivity contribution >= 4 is 22.5 Å². The average Bonchev–Trinajstić information content (AvgIpc) is 3.21. The fourth-order valence-electron chi connectivity index (χ4n) is 2.52. The van der Waals surface area contributed by atoms with E-state index in [4.69, 9.17) is 4.42 Å². The highest BCUT2D eigenvalue weighted by atomic mass is 32.1. The minimum Gasteiger partial charge on any atom is -0.468 e. The Bertz CT molecular complexity index is 620. The molecule has 3 heterocycles. The highest BCUT2D eigenvalue weighted by Gasteiger charge is 2.22. The van der Waals surface area contributed by atoms with E-state index in [9.17, 15) is 4.79 Å². The highest BCUT2D eigenvalue weighted by molar-refractivity contribution is 7.15. The van der Waals surface area contributed by atoms with Crippen LogP contribution in [0.15, 0.2) is 22.8 Å². The Hall–Kier alpha value is -1.93. The first-order valence-electron chi connectivity index (χ1n) is 7.87. The van der Waals surface area contributed by atoms with Gasteiger partial charge >= 0.3 is 6.03 Å². The zero-order valence-corrected chi connectivity index (χ0v) is 14.0. The molecule has 0 aromatic carbocycles. The number of nitrogens with one attached hydrogen (secondary N) is 1. The normalized spacial score (nSPS) is 15.8. The Morgan fingerprint density at radius 3 is 2.87 bits per heavy atom. The van der Waals surface area contributed by atoms with Crippen LogP contribution in [-0.2, 0) is 13.0 Å². The third-order valence-corrected chi connectivity index (χ3v) is 4.66. The lowest BCUT2D eigenvalue weighted by atomic mass is 10.3. The van der Waals surface area contributed by atoms with Gasteiger partial charge in [0.25, 0.3) is 0 Å². The molecule has 3 rings (SSSR count). The quantitative estimate of drug-likeness (QED) is 0.908. The van der Waals surface area contributed by atoms with Crippen LogP contribution in [0, 0.1) is 0 Å². The summed E-state index contributed by atoms with van der Waals surface area (Å²) in [5.41, 5.74) is 0. The van der Waals surface area contributed by atoms with Crippen molar-refractivity contribution in [3.8, 4) is 0 Å². The summed E-state index contributed by atoms with van der Waals surface area (Å²) in [5.74, 6) is 0.959. The Kier molecular flexibility index (Phi) is 5.24. The van der Waals surface area contributed by atoms with Gasteiger partial charge in [0.2, 0.25) is 5.13 Å². The van der Waals surface area contributed by atoms with Gasteiger partial charge in [-0.15, -0.1) is 10.2 Å². The molecule has 0 saturated carbocycles. The molecule has 8 heteroatoms. The molecule has 7 nitrogen and oxygen atoms in total. The topological polar surface area (TPSA) is 74.5 Å². The second-order valence-corrected chi connectivity index (χ2v) is 6.59. The van der Waals surface area contributed by atoms with Crippen molar-refractivity contribution in [3.05, 3.63) is 29.2 Å². The number of aromatic nitrogens is 2. The molecule has 0 radical (unpaired) electrons. The maximum atomic E-state index is 12.3. The number of amides is 2. The van der Waals surface area contributed by atoms with Gasteiger partial charge in [0, 0.05) is 32.6 Å². The molecule has 2 amide bonds. The first-order chi connectivity index (χ1) is 11.2. The predicted molar refractivity (Wildman–Crippen MR) is 88.5 cm³/mol. The van der Waals surface area contributed by atoms with E-state index in [2.05, 4.69) is 27.3 Å². The number of carbonyl (C=O) groups excluding carboxylic acids is 1. The molecule has 23 heavy (non-hydrogen) atoms. The summed E-state index contributed by atoms with van der Waals surface area (Å²) in [6.45, 7) is 5.97. The second kappa shape index (κ2) is 7.56. The van der Waals surface area contributed by atoms with E-state index in [1.54, 1.807) is 6.26 Å². The molecule has 0 spiro atoms. The number of rotatable bonds is 5. The minimum atomic E-state index is -0.0955. The number of anilines is 1. The molecule has 124 valence electrons. The van der Waals surface area contributed by atoms with Crippen LogP contribution in [0.25, 0.3) is 0 Å². The first-order valence-corrected chi connectivity index (χ1v) is 8.69. The number of carbonyl (C=O) groups is 1. The summed E-state index contributed by atoms with van der Waals surface area (Å²) in [7, 11) is 0. The Balaban J connectivity index is 1.45. The lowest BCUT2D eigenvalue weighted by molar-refractivity contribution is 0.137. The summed E-state index contributed by atoms with van der Waals surface area (Å²) in [6, 6.07) is 3.78. The van der Waals surface area contributed by atoms with Crippen LogP contribution in [-0.4, -0.2) is 52.2 Å². The summed E-state index contributed by atoms with van der Waals surface area (Å²) in [4.78, 5) is 16.4. The zero-order chi connectivity index (χ0) is 16.1. The van der Waals surface area contributed by atoms with Crippen molar-refractivity contribution in [3.63, 3.8) is 0 Å². The molecule has 1 aliphatic heterocycles. The fourth-order valence-corrected chi connectivity index (χ4v) is 3.35. The molecule has 0 unspecified atom stereocenters. The molecule has 1 fully saturated rings. The lowest BCUT2D eigenvalue weighted by Gasteiger charge is -2.33. The standard InChI is InChI=1S/C15H21N5O2S/c1-2-4-13-17-18-14(23-13)16-15(21)20-8-6-19(7-9-20)11-12-5-3-10-22-12/h3,5,10H,2,4,6-9,11H2,1H3,(H,16,18,21). The van der Waals surface area contributed by atoms with Crippen molar-refractivity contribution in [2.45, 2.75) is 26.3 Å². The number of nitrogens with zero attached hydrogens (tertiary/aromatic N) is 4. The number of piperazine rings is 1. The van der Waals surface area contributed by atoms with Crippen LogP contribution in [0.1, 0.15) is 24.1 Å². The summed E-state index contributed by atoms with van der Waals surface area (Å²) >= 11 is 1.45. The van der Waals surface area contributed by atoms with Crippen molar-refractivity contribution < 1.29 is 9.21 Å². The third kappa shape index (κ3) is 4.29. The lowest BCUT2D eigenvalue weighted by Crippen LogP contribution is -2.49. The van der Waals surface area contributed by atoms with Gasteiger partial charge < -0.3 is 9.32 Å². The largest absolute Gasteiger partial charge is 0.468 e. The van der Waals surface area contributed by atoms with Crippen LogP contribution in [0.4, 0.5) is 9.93 Å². The zero-order valence-electron chi connectivity index (χ0n) is 13.2. The number of urea groups is 1. The molecule has 1 saturated heterocycles. The Labute approximate surface area is 139 Å². The van der Waals surface area contributed by atoms with E-state index in [0.29, 0.717) is 18.2 Å². The molecule has 0 atom stereocenters. The molecule has 2 aromatic rings. The predicted octanol–water partition coefficient (Wildman–Crippen LogP) is 2.43. The SMILES string of the molecule is CCCc1nnc(NC(=O)N2CCN(Cc3ccco3)CC2)s1. The van der Waals surface area contributed by atoms with Crippen LogP contribution in [0.5, 0.6) is 0 Å². The van der Waals surface area contributed by atoms with Crippen LogP contribution >= 0.6 is 11.3 Å². The highest BCUT2D eigenvalue weighted by Crippen LogP contribution is 2.17. The second-order valence-electron chi connectivity index (χ2n) is 5.52. The van der Waals surface area contributed by atoms with Crippen molar-refractivity contribution in [2.75, 3.05) is 31.5 Å². The van der Waals surface area contributed by atoms with E-state index in [0.717, 1.165) is 43.2 Å². The van der Waals surface area contributed by atoms with Gasteiger partial charge in [-0.05, 0) is 18.6 Å². The van der Waals surface area contributed by atoms with Crippen molar-refractivity contribution in [1.82, 2.24) is 20.0 Å². The summed E-state index contributed by atoms with van der Waals surface area (Å²) in [6.07, 6.45) is 3.62. The van der Waals surface area contributed by atoms with Gasteiger partial charge in [-0.25, -0.2) is 4.79 Å². The molecule has 0 aliphatic carbocycles. The van der Waals surface area contributed by atoms with E-state index in [1.165, 1.54) is 11.3 Å². The molecule has 1 N–H and O–H groups in total. The van der Waals surface area contributed by atoms with E-state index in [-0.39, 0.29) is 6.03 Å². The average molecular weight is 335 g/mol. The Morgan fingerprint density at radius 1 is 1.35 bits per heavy atom. The van der Waals surface area contributed by atoms with Crippen LogP contribution < -0.4 is 5.32 Å². The smallest absolute Gasteiger partial charge is 0.323 e. The van der Waals surface area contributed by atoms with Gasteiger partial charge in [0.05, 0.1) is 12.8 Å². The van der Waals surface area contributed by atoms with E-state index < -0.39 is 0 Å². The molecule has 0 bridgehead atoms. The molecular formula is C15H21N5O2S. The van der Waals surface area contributed by atoms with E-state index >= 15 is 0 Å². The van der Waals surface area contributed by atoms with E-state index in [1.807, 2.05) is 17.0 Å². The van der Waals surface area contributed by atoms with Gasteiger partial charge in [-0.1, -0.05) is 18.3 Å². The maximum absolute atomic E-state index is 12.3. The number of hydrogen-bond acceptors (Lipinski definition) is 6. The van der Waals surface area contributed by atoms with Gasteiger partial charge in [-0.2, -0.15) is 0 Å². The fraction of sp³-hybridized carbons (Fsp3) is 0.533. The first kappa shape index (κ1) is 15.9. The number of furan rings is 1.